The topological polar surface area (TPSA) is 76.0 Å². The fourth-order valence-electron chi connectivity index (χ4n) is 2.29. The van der Waals surface area contributed by atoms with Crippen LogP contribution in [0.5, 0.6) is 0 Å². The lowest BCUT2D eigenvalue weighted by Gasteiger charge is -2.18. The number of benzene rings is 1. The van der Waals surface area contributed by atoms with E-state index in [2.05, 4.69) is 15.6 Å². The number of hydrogen-bond acceptors (Lipinski definition) is 4. The Bertz CT molecular complexity index is 700. The molecule has 2 aromatic rings. The van der Waals surface area contributed by atoms with Gasteiger partial charge in [0.05, 0.1) is 17.8 Å². The summed E-state index contributed by atoms with van der Waals surface area (Å²) in [6, 6.07) is 5.34. The van der Waals surface area contributed by atoms with Gasteiger partial charge in [-0.2, -0.15) is 0 Å². The van der Waals surface area contributed by atoms with E-state index in [4.69, 9.17) is 0 Å². The van der Waals surface area contributed by atoms with Gasteiger partial charge >= 0.3 is 0 Å². The van der Waals surface area contributed by atoms with Gasteiger partial charge < -0.3 is 15.2 Å². The monoisotopic (exact) mass is 316 g/mol. The first-order valence-corrected chi connectivity index (χ1v) is 7.93. The molecule has 22 heavy (non-hydrogen) atoms. The average Bonchev–Trinajstić information content (AvgIpc) is 2.99. The van der Waals surface area contributed by atoms with Crippen LogP contribution in [0.4, 0.5) is 5.69 Å². The second-order valence-electron chi connectivity index (χ2n) is 5.18. The molecule has 0 spiro atoms. The summed E-state index contributed by atoms with van der Waals surface area (Å²) in [6.07, 6.45) is 5.28. The van der Waals surface area contributed by atoms with Crippen molar-refractivity contribution in [2.45, 2.75) is 24.4 Å². The third-order valence-corrected chi connectivity index (χ3v) is 4.37. The molecule has 6 nitrogen and oxygen atoms in total. The average molecular weight is 316 g/mol. The zero-order valence-corrected chi connectivity index (χ0v) is 12.9. The van der Waals surface area contributed by atoms with E-state index in [0.717, 1.165) is 4.90 Å². The van der Waals surface area contributed by atoms with E-state index in [9.17, 15) is 9.59 Å². The maximum absolute atomic E-state index is 12.3. The number of amides is 2. The number of nitrogens with zero attached hydrogens (tertiary/aromatic N) is 2. The van der Waals surface area contributed by atoms with Crippen LogP contribution in [0, 0.1) is 0 Å². The third kappa shape index (κ3) is 3.30. The second kappa shape index (κ2) is 6.23. The zero-order chi connectivity index (χ0) is 15.5. The van der Waals surface area contributed by atoms with Gasteiger partial charge in [-0.1, -0.05) is 0 Å². The number of carbonyl (C=O) groups excluding carboxylic acids is 2. The molecule has 0 unspecified atom stereocenters. The van der Waals surface area contributed by atoms with Gasteiger partial charge in [-0.3, -0.25) is 9.59 Å². The summed E-state index contributed by atoms with van der Waals surface area (Å²) in [4.78, 5) is 28.7. The molecule has 0 aliphatic carbocycles. The molecule has 0 bridgehead atoms. The maximum Gasteiger partial charge on any atom is 0.251 e. The van der Waals surface area contributed by atoms with E-state index in [0.29, 0.717) is 23.5 Å². The Morgan fingerprint density at radius 1 is 1.55 bits per heavy atom. The quantitative estimate of drug-likeness (QED) is 0.901. The Morgan fingerprint density at radius 3 is 3.18 bits per heavy atom. The van der Waals surface area contributed by atoms with Crippen molar-refractivity contribution < 1.29 is 9.59 Å². The molecule has 1 atom stereocenters. The summed E-state index contributed by atoms with van der Waals surface area (Å²) < 4.78 is 1.91. The van der Waals surface area contributed by atoms with Crippen LogP contribution in [0.15, 0.2) is 41.8 Å². The predicted molar refractivity (Wildman–Crippen MR) is 85.0 cm³/mol. The molecule has 1 aliphatic rings. The predicted octanol–water partition coefficient (Wildman–Crippen LogP) is 1.75. The van der Waals surface area contributed by atoms with Crippen molar-refractivity contribution in [3.8, 4) is 0 Å². The highest BCUT2D eigenvalue weighted by atomic mass is 32.2. The number of imidazole rings is 1. The molecule has 7 heteroatoms. The van der Waals surface area contributed by atoms with Crippen LogP contribution in [0.25, 0.3) is 0 Å². The highest BCUT2D eigenvalue weighted by Gasteiger charge is 2.18. The molecule has 0 fully saturated rings. The minimum Gasteiger partial charge on any atom is -0.348 e. The zero-order valence-electron chi connectivity index (χ0n) is 12.1. The molecule has 3 rings (SSSR count). The summed E-state index contributed by atoms with van der Waals surface area (Å²) in [6.45, 7) is 2.59. The molecular weight excluding hydrogens is 300 g/mol. The summed E-state index contributed by atoms with van der Waals surface area (Å²) >= 11 is 1.48. The van der Waals surface area contributed by atoms with Crippen LogP contribution in [0.3, 0.4) is 0 Å². The van der Waals surface area contributed by atoms with Crippen molar-refractivity contribution in [2.75, 3.05) is 11.1 Å². The van der Waals surface area contributed by atoms with Gasteiger partial charge in [0.1, 0.15) is 0 Å². The number of hydrogen-bond donors (Lipinski definition) is 2. The number of fused-ring (bicyclic) bond motifs is 1. The number of nitrogens with one attached hydrogen (secondary N) is 2. The summed E-state index contributed by atoms with van der Waals surface area (Å²) in [5.41, 5.74) is 1.25. The lowest BCUT2D eigenvalue weighted by Crippen LogP contribution is -2.35. The van der Waals surface area contributed by atoms with Gasteiger partial charge in [0.15, 0.2) is 0 Å². The molecule has 114 valence electrons. The van der Waals surface area contributed by atoms with Crippen LogP contribution in [-0.4, -0.2) is 33.2 Å². The van der Waals surface area contributed by atoms with Crippen LogP contribution >= 0.6 is 11.8 Å². The van der Waals surface area contributed by atoms with Gasteiger partial charge in [0.2, 0.25) is 5.91 Å². The molecule has 1 aliphatic heterocycles. The first kappa shape index (κ1) is 14.6. The van der Waals surface area contributed by atoms with E-state index < -0.39 is 0 Å². The Kier molecular flexibility index (Phi) is 4.15. The Morgan fingerprint density at radius 2 is 2.41 bits per heavy atom. The summed E-state index contributed by atoms with van der Waals surface area (Å²) in [7, 11) is 0. The lowest BCUT2D eigenvalue weighted by molar-refractivity contribution is -0.113. The fraction of sp³-hybridized carbons (Fsp3) is 0.267. The van der Waals surface area contributed by atoms with Crippen molar-refractivity contribution >= 4 is 29.3 Å². The van der Waals surface area contributed by atoms with Gasteiger partial charge in [-0.25, -0.2) is 4.98 Å². The smallest absolute Gasteiger partial charge is 0.251 e. The third-order valence-electron chi connectivity index (χ3n) is 3.30. The van der Waals surface area contributed by atoms with E-state index in [1.807, 2.05) is 23.8 Å². The van der Waals surface area contributed by atoms with E-state index in [-0.39, 0.29) is 17.9 Å². The number of carbonyl (C=O) groups is 2. The molecule has 0 saturated carbocycles. The van der Waals surface area contributed by atoms with E-state index >= 15 is 0 Å². The molecule has 2 N–H and O–H groups in total. The molecule has 2 amide bonds. The highest BCUT2D eigenvalue weighted by molar-refractivity contribution is 8.00. The largest absolute Gasteiger partial charge is 0.348 e. The molecule has 0 radical (unpaired) electrons. The van der Waals surface area contributed by atoms with Crippen molar-refractivity contribution in [2.24, 2.45) is 0 Å². The van der Waals surface area contributed by atoms with Gasteiger partial charge in [-0.05, 0) is 25.1 Å². The SMILES string of the molecule is C[C@@H](Cn1ccnc1)NC(=O)c1ccc2c(c1)NC(=O)CS2. The Balaban J connectivity index is 1.67. The van der Waals surface area contributed by atoms with Gasteiger partial charge in [0, 0.05) is 35.4 Å². The Hall–Kier alpha value is -2.28. The normalized spacial score (nSPS) is 14.9. The summed E-state index contributed by atoms with van der Waals surface area (Å²) in [5, 5.41) is 5.74. The first-order valence-electron chi connectivity index (χ1n) is 6.95. The molecule has 1 aromatic heterocycles. The van der Waals surface area contributed by atoms with Crippen LogP contribution in [-0.2, 0) is 11.3 Å². The minimum absolute atomic E-state index is 0.0262. The van der Waals surface area contributed by atoms with E-state index in [1.165, 1.54) is 11.8 Å². The first-order chi connectivity index (χ1) is 10.6. The van der Waals surface area contributed by atoms with Gasteiger partial charge in [0.25, 0.3) is 5.91 Å². The van der Waals surface area contributed by atoms with Crippen molar-refractivity contribution in [1.82, 2.24) is 14.9 Å². The molecule has 0 saturated heterocycles. The number of aromatic nitrogens is 2. The van der Waals surface area contributed by atoms with Crippen LogP contribution in [0.1, 0.15) is 17.3 Å². The lowest BCUT2D eigenvalue weighted by atomic mass is 10.1. The van der Waals surface area contributed by atoms with Crippen LogP contribution < -0.4 is 10.6 Å². The standard InChI is InChI=1S/C15H16N4O2S/c1-10(7-19-5-4-16-9-19)17-15(21)11-2-3-13-12(6-11)18-14(20)8-22-13/h2-6,9-10H,7-8H2,1H3,(H,17,21)(H,18,20)/t10-/m0/s1. The second-order valence-corrected chi connectivity index (χ2v) is 6.20. The maximum atomic E-state index is 12.3. The number of anilines is 1. The van der Waals surface area contributed by atoms with E-state index in [1.54, 1.807) is 24.7 Å². The van der Waals surface area contributed by atoms with Crippen LogP contribution in [0.2, 0.25) is 0 Å². The number of rotatable bonds is 4. The Labute approximate surface area is 132 Å². The van der Waals surface area contributed by atoms with Crippen molar-refractivity contribution in [3.63, 3.8) is 0 Å². The highest BCUT2D eigenvalue weighted by Crippen LogP contribution is 2.31. The fourth-order valence-corrected chi connectivity index (χ4v) is 3.08. The minimum atomic E-state index is -0.153. The summed E-state index contributed by atoms with van der Waals surface area (Å²) in [5.74, 6) is 0.226. The van der Waals surface area contributed by atoms with Crippen molar-refractivity contribution in [1.29, 1.82) is 0 Å². The van der Waals surface area contributed by atoms with Crippen molar-refractivity contribution in [3.05, 3.63) is 42.5 Å². The van der Waals surface area contributed by atoms with Gasteiger partial charge in [-0.15, -0.1) is 11.8 Å². The molecule has 1 aromatic carbocycles. The molecule has 2 heterocycles. The number of thioether (sulfide) groups is 1. The molecular formula is C15H16N4O2S.